The lowest BCUT2D eigenvalue weighted by Gasteiger charge is -1.97. The van der Waals surface area contributed by atoms with Crippen molar-refractivity contribution >= 4 is 29.1 Å². The van der Waals surface area contributed by atoms with Gasteiger partial charge in [-0.3, -0.25) is 9.52 Å². The Morgan fingerprint density at radius 2 is 2.17 bits per heavy atom. The third-order valence-electron chi connectivity index (χ3n) is 0.703. The van der Waals surface area contributed by atoms with Crippen molar-refractivity contribution in [1.82, 2.24) is 4.72 Å². The molecule has 0 aromatic carbocycles. The van der Waals surface area contributed by atoms with Gasteiger partial charge in [-0.05, 0) is 0 Å². The topological polar surface area (TPSA) is 93.8 Å². The molecule has 0 heterocycles. The number of rotatable bonds is 0. The molecule has 0 radical (unpaired) electrons. The van der Waals surface area contributed by atoms with Crippen molar-refractivity contribution in [1.29, 1.82) is 0 Å². The number of nitrogens with one attached hydrogen (secondary N) is 1. The Balaban J connectivity index is 3.82. The monoisotopic (exact) mass is 191 g/mol. The number of amides is 2. The smallest absolute Gasteiger partial charge is 0.355 e. The van der Waals surface area contributed by atoms with E-state index in [1.54, 1.807) is 0 Å². The molecule has 0 bridgehead atoms. The first-order chi connectivity index (χ1) is 5.56. The molecule has 0 rings (SSSR count). The van der Waals surface area contributed by atoms with E-state index in [1.165, 1.54) is 14.0 Å². The lowest BCUT2D eigenvalue weighted by molar-refractivity contribution is -0.109. The van der Waals surface area contributed by atoms with Crippen LogP contribution in [0.3, 0.4) is 0 Å². The van der Waals surface area contributed by atoms with Gasteiger partial charge >= 0.3 is 6.03 Å². The molecular formula is C5H9N3O3S. The van der Waals surface area contributed by atoms with Gasteiger partial charge in [-0.1, -0.05) is 0 Å². The molecular weight excluding hydrogens is 182 g/mol. The minimum atomic E-state index is -0.727. The fraction of sp³-hybridized carbons (Fsp3) is 0.400. The molecule has 0 fully saturated rings. The van der Waals surface area contributed by atoms with Crippen LogP contribution in [-0.4, -0.2) is 24.3 Å². The maximum Gasteiger partial charge on any atom is 0.355 e. The van der Waals surface area contributed by atoms with Gasteiger partial charge in [-0.2, -0.15) is 0 Å². The van der Waals surface area contributed by atoms with E-state index in [-0.39, 0.29) is 11.1 Å². The Morgan fingerprint density at radius 1 is 1.58 bits per heavy atom. The van der Waals surface area contributed by atoms with Gasteiger partial charge < -0.3 is 10.5 Å². The number of hydrogen-bond donors (Lipinski definition) is 2. The lowest BCUT2D eigenvalue weighted by atomic mass is 10.9. The number of hydrogen-bond acceptors (Lipinski definition) is 4. The van der Waals surface area contributed by atoms with Gasteiger partial charge in [-0.25, -0.2) is 4.79 Å². The lowest BCUT2D eigenvalue weighted by Crippen LogP contribution is -2.20. The molecule has 0 saturated carbocycles. The van der Waals surface area contributed by atoms with Gasteiger partial charge in [0.1, 0.15) is 0 Å². The summed E-state index contributed by atoms with van der Waals surface area (Å²) in [5.41, 5.74) is 5.05. The Morgan fingerprint density at radius 3 is 2.58 bits per heavy atom. The van der Waals surface area contributed by atoms with E-state index in [9.17, 15) is 9.59 Å². The first-order valence-electron chi connectivity index (χ1n) is 2.91. The van der Waals surface area contributed by atoms with Crippen LogP contribution in [0.1, 0.15) is 6.92 Å². The fourth-order valence-corrected chi connectivity index (χ4v) is 0.561. The molecule has 2 amide bonds. The molecule has 0 aromatic heterocycles. The number of nitrogens with zero attached hydrogens (tertiary/aromatic N) is 1. The zero-order valence-electron chi connectivity index (χ0n) is 6.66. The number of carbonyl (C=O) groups excluding carboxylic acids is 2. The largest absolute Gasteiger partial charge is 0.468 e. The van der Waals surface area contributed by atoms with Gasteiger partial charge in [-0.15, -0.1) is 4.99 Å². The summed E-state index contributed by atoms with van der Waals surface area (Å²) >= 11 is 0.635. The second-order valence-corrected chi connectivity index (χ2v) is 2.64. The molecule has 0 unspecified atom stereocenters. The maximum absolute atomic E-state index is 10.7. The Kier molecular flexibility index (Phi) is 4.86. The van der Waals surface area contributed by atoms with Crippen molar-refractivity contribution in [3.05, 3.63) is 0 Å². The highest BCUT2D eigenvalue weighted by Gasteiger charge is 2.01. The SMILES string of the molecule is CO/C(N)=N\C(=O)NSC(C)=O. The van der Waals surface area contributed by atoms with Gasteiger partial charge in [0, 0.05) is 18.9 Å². The van der Waals surface area contributed by atoms with Crippen molar-refractivity contribution in [2.24, 2.45) is 10.7 Å². The highest BCUT2D eigenvalue weighted by Crippen LogP contribution is 1.94. The summed E-state index contributed by atoms with van der Waals surface area (Å²) in [5.74, 6) is 0. The molecule has 0 spiro atoms. The molecule has 6 nitrogen and oxygen atoms in total. The molecule has 12 heavy (non-hydrogen) atoms. The first-order valence-corrected chi connectivity index (χ1v) is 3.73. The van der Waals surface area contributed by atoms with E-state index in [1.807, 2.05) is 0 Å². The standard InChI is InChI=1S/C5H9N3O3S/c1-3(9)12-8-5(10)7-4(6)11-2/h1-2H3,(H3,6,7,8,10). The normalized spacial score (nSPS) is 10.7. The third kappa shape index (κ3) is 5.54. The zero-order valence-corrected chi connectivity index (χ0v) is 7.47. The molecule has 0 aliphatic rings. The molecule has 0 atom stereocenters. The number of ether oxygens (including phenoxy) is 1. The summed E-state index contributed by atoms with van der Waals surface area (Å²) in [6.45, 7) is 1.31. The van der Waals surface area contributed by atoms with Gasteiger partial charge in [0.05, 0.1) is 7.11 Å². The van der Waals surface area contributed by atoms with Crippen molar-refractivity contribution in [3.8, 4) is 0 Å². The molecule has 0 saturated heterocycles. The number of methoxy groups -OCH3 is 1. The van der Waals surface area contributed by atoms with Gasteiger partial charge in [0.25, 0.3) is 6.02 Å². The maximum atomic E-state index is 10.7. The van der Waals surface area contributed by atoms with Crippen molar-refractivity contribution in [2.75, 3.05) is 7.11 Å². The quantitative estimate of drug-likeness (QED) is 0.315. The molecule has 68 valence electrons. The average molecular weight is 191 g/mol. The zero-order chi connectivity index (χ0) is 9.56. The van der Waals surface area contributed by atoms with Crippen LogP contribution in [0.5, 0.6) is 0 Å². The van der Waals surface area contributed by atoms with Crippen LogP contribution in [0, 0.1) is 0 Å². The predicted molar refractivity (Wildman–Crippen MR) is 45.4 cm³/mol. The number of nitrogens with two attached hydrogens (primary N) is 1. The van der Waals surface area contributed by atoms with E-state index in [2.05, 4.69) is 14.5 Å². The van der Waals surface area contributed by atoms with Gasteiger partial charge in [0.15, 0.2) is 0 Å². The Bertz CT molecular complexity index is 216. The molecule has 0 aliphatic carbocycles. The summed E-state index contributed by atoms with van der Waals surface area (Å²) in [6.07, 6.45) is 0. The van der Waals surface area contributed by atoms with Crippen LogP contribution < -0.4 is 10.5 Å². The van der Waals surface area contributed by atoms with E-state index < -0.39 is 6.03 Å². The van der Waals surface area contributed by atoms with Crippen LogP contribution >= 0.6 is 11.9 Å². The second kappa shape index (κ2) is 5.42. The van der Waals surface area contributed by atoms with E-state index >= 15 is 0 Å². The fourth-order valence-electron chi connectivity index (χ4n) is 0.284. The Hall–Kier alpha value is -1.24. The number of aliphatic imine (C=N–C) groups is 1. The summed E-state index contributed by atoms with van der Waals surface area (Å²) in [4.78, 5) is 24.2. The highest BCUT2D eigenvalue weighted by molar-refractivity contribution is 8.12. The Labute approximate surface area is 73.7 Å². The summed E-state index contributed by atoms with van der Waals surface area (Å²) in [5, 5.41) is -0.241. The van der Waals surface area contributed by atoms with Crippen molar-refractivity contribution < 1.29 is 14.3 Å². The van der Waals surface area contributed by atoms with Crippen LogP contribution in [0.15, 0.2) is 4.99 Å². The first kappa shape index (κ1) is 10.8. The van der Waals surface area contributed by atoms with Crippen LogP contribution in [-0.2, 0) is 9.53 Å². The minimum absolute atomic E-state index is 0.241. The molecule has 0 aromatic rings. The van der Waals surface area contributed by atoms with Gasteiger partial charge in [0.2, 0.25) is 5.12 Å². The van der Waals surface area contributed by atoms with Crippen LogP contribution in [0.25, 0.3) is 0 Å². The second-order valence-electron chi connectivity index (χ2n) is 1.66. The summed E-state index contributed by atoms with van der Waals surface area (Å²) < 4.78 is 6.53. The van der Waals surface area contributed by atoms with Crippen LogP contribution in [0.4, 0.5) is 4.79 Å². The molecule has 3 N–H and O–H groups in total. The molecule has 7 heteroatoms. The number of urea groups is 1. The van der Waals surface area contributed by atoms with E-state index in [4.69, 9.17) is 5.73 Å². The van der Waals surface area contributed by atoms with Crippen molar-refractivity contribution in [2.45, 2.75) is 6.92 Å². The van der Waals surface area contributed by atoms with E-state index in [0.717, 1.165) is 0 Å². The van der Waals surface area contributed by atoms with Crippen molar-refractivity contribution in [3.63, 3.8) is 0 Å². The summed E-state index contributed by atoms with van der Waals surface area (Å²) in [6, 6.07) is -0.980. The number of carbonyl (C=O) groups is 2. The highest BCUT2D eigenvalue weighted by atomic mass is 32.2. The third-order valence-corrected chi connectivity index (χ3v) is 1.27. The average Bonchev–Trinajstić information content (AvgIpc) is 2.00. The number of amidine groups is 1. The predicted octanol–water partition coefficient (Wildman–Crippen LogP) is -0.148. The molecule has 0 aliphatic heterocycles. The van der Waals surface area contributed by atoms with E-state index in [0.29, 0.717) is 11.9 Å². The minimum Gasteiger partial charge on any atom is -0.468 e. The van der Waals surface area contributed by atoms with Crippen LogP contribution in [0.2, 0.25) is 0 Å². The summed E-state index contributed by atoms with van der Waals surface area (Å²) in [7, 11) is 1.28.